The Kier molecular flexibility index (Phi) is 9.04. The van der Waals surface area contributed by atoms with Gasteiger partial charge in [-0.2, -0.15) is 5.10 Å². The number of nitrogens with one attached hydrogen (secondary N) is 2. The Morgan fingerprint density at radius 3 is 2.62 bits per heavy atom. The highest BCUT2D eigenvalue weighted by Gasteiger charge is 2.31. The van der Waals surface area contributed by atoms with Crippen LogP contribution < -0.4 is 10.6 Å². The van der Waals surface area contributed by atoms with Gasteiger partial charge < -0.3 is 10.6 Å². The minimum absolute atomic E-state index is 0. The van der Waals surface area contributed by atoms with Gasteiger partial charge in [-0.1, -0.05) is 13.8 Å². The number of hydrogen-bond acceptors (Lipinski definition) is 3. The third-order valence-corrected chi connectivity index (χ3v) is 4.59. The second-order valence-electron chi connectivity index (χ2n) is 7.06. The summed E-state index contributed by atoms with van der Waals surface area (Å²) in [6.07, 6.45) is 3.83. The molecular formula is C17H33IN6. The van der Waals surface area contributed by atoms with Crippen molar-refractivity contribution < 1.29 is 0 Å². The van der Waals surface area contributed by atoms with Crippen molar-refractivity contribution >= 4 is 29.9 Å². The first-order chi connectivity index (χ1) is 11.0. The van der Waals surface area contributed by atoms with E-state index < -0.39 is 0 Å². The van der Waals surface area contributed by atoms with E-state index in [2.05, 4.69) is 53.3 Å². The second-order valence-corrected chi connectivity index (χ2v) is 7.06. The van der Waals surface area contributed by atoms with Crippen molar-refractivity contribution in [2.45, 2.75) is 46.3 Å². The quantitative estimate of drug-likeness (QED) is 0.397. The van der Waals surface area contributed by atoms with Crippen LogP contribution in [-0.4, -0.2) is 59.4 Å². The van der Waals surface area contributed by atoms with E-state index in [1.54, 1.807) is 0 Å². The van der Waals surface area contributed by atoms with Crippen molar-refractivity contribution in [3.05, 3.63) is 18.5 Å². The Morgan fingerprint density at radius 1 is 1.33 bits per heavy atom. The minimum Gasteiger partial charge on any atom is -0.356 e. The lowest BCUT2D eigenvalue weighted by Gasteiger charge is -2.22. The summed E-state index contributed by atoms with van der Waals surface area (Å²) in [5.41, 5.74) is 0. The number of hydrogen-bond donors (Lipinski definition) is 2. The van der Waals surface area contributed by atoms with E-state index in [0.717, 1.165) is 32.1 Å². The summed E-state index contributed by atoms with van der Waals surface area (Å²) in [6.45, 7) is 13.1. The number of rotatable bonds is 6. The predicted molar refractivity (Wildman–Crippen MR) is 111 cm³/mol. The summed E-state index contributed by atoms with van der Waals surface area (Å²) in [5, 5.41) is 11.3. The molecule has 0 aliphatic carbocycles. The maximum absolute atomic E-state index is 4.38. The minimum atomic E-state index is 0. The molecule has 1 aromatic rings. The molecule has 0 amide bonds. The van der Waals surface area contributed by atoms with Crippen molar-refractivity contribution in [3.63, 3.8) is 0 Å². The SMILES string of the molecule is CN=C(NCC(C)Cn1cccn1)NC1CN(C(C)C)CC1C.I. The fourth-order valence-electron chi connectivity index (χ4n) is 3.05. The monoisotopic (exact) mass is 448 g/mol. The van der Waals surface area contributed by atoms with Crippen molar-refractivity contribution in [1.82, 2.24) is 25.3 Å². The molecule has 3 atom stereocenters. The zero-order valence-electron chi connectivity index (χ0n) is 15.6. The predicted octanol–water partition coefficient (Wildman–Crippen LogP) is 2.03. The highest BCUT2D eigenvalue weighted by Crippen LogP contribution is 2.18. The van der Waals surface area contributed by atoms with Crippen LogP contribution in [-0.2, 0) is 6.54 Å². The van der Waals surface area contributed by atoms with Gasteiger partial charge in [0.15, 0.2) is 5.96 Å². The molecule has 1 aliphatic heterocycles. The zero-order valence-corrected chi connectivity index (χ0v) is 17.9. The Labute approximate surface area is 163 Å². The van der Waals surface area contributed by atoms with E-state index in [0.29, 0.717) is 23.9 Å². The molecule has 6 nitrogen and oxygen atoms in total. The lowest BCUT2D eigenvalue weighted by Crippen LogP contribution is -2.47. The number of aromatic nitrogens is 2. The van der Waals surface area contributed by atoms with Crippen molar-refractivity contribution in [1.29, 1.82) is 0 Å². The van der Waals surface area contributed by atoms with Crippen LogP contribution in [0.1, 0.15) is 27.7 Å². The highest BCUT2D eigenvalue weighted by atomic mass is 127. The summed E-state index contributed by atoms with van der Waals surface area (Å²) in [5.74, 6) is 2.03. The van der Waals surface area contributed by atoms with Gasteiger partial charge in [0.1, 0.15) is 0 Å². The molecule has 0 aromatic carbocycles. The number of guanidine groups is 1. The molecule has 24 heavy (non-hydrogen) atoms. The number of halogens is 1. The molecule has 138 valence electrons. The van der Waals surface area contributed by atoms with Crippen LogP contribution in [0.5, 0.6) is 0 Å². The van der Waals surface area contributed by atoms with Crippen LogP contribution in [0.2, 0.25) is 0 Å². The molecule has 2 N–H and O–H groups in total. The van der Waals surface area contributed by atoms with E-state index in [4.69, 9.17) is 0 Å². The van der Waals surface area contributed by atoms with Gasteiger partial charge in [0.2, 0.25) is 0 Å². The normalized spacial score (nSPS) is 23.2. The summed E-state index contributed by atoms with van der Waals surface area (Å²) >= 11 is 0. The van der Waals surface area contributed by atoms with Gasteiger partial charge in [0.05, 0.1) is 0 Å². The number of nitrogens with zero attached hydrogens (tertiary/aromatic N) is 4. The van der Waals surface area contributed by atoms with E-state index >= 15 is 0 Å². The van der Waals surface area contributed by atoms with Gasteiger partial charge in [-0.25, -0.2) is 0 Å². The molecule has 0 bridgehead atoms. The first-order valence-electron chi connectivity index (χ1n) is 8.68. The van der Waals surface area contributed by atoms with E-state index in [1.807, 2.05) is 30.2 Å². The van der Waals surface area contributed by atoms with Crippen LogP contribution in [0.3, 0.4) is 0 Å². The van der Waals surface area contributed by atoms with Crippen LogP contribution in [0.15, 0.2) is 23.5 Å². The summed E-state index contributed by atoms with van der Waals surface area (Å²) in [7, 11) is 1.84. The average molecular weight is 448 g/mol. The van der Waals surface area contributed by atoms with Crippen molar-refractivity contribution in [2.24, 2.45) is 16.8 Å². The Hall–Kier alpha value is -0.830. The Bertz CT molecular complexity index is 487. The molecule has 2 heterocycles. The standard InChI is InChI=1S/C17H32N6.HI/c1-13(2)22-11-15(4)16(12-22)21-17(18-5)19-9-14(3)10-23-8-6-7-20-23;/h6-8,13-16H,9-12H2,1-5H3,(H2,18,19,21);1H. The third-order valence-electron chi connectivity index (χ3n) is 4.59. The Morgan fingerprint density at radius 2 is 2.08 bits per heavy atom. The molecule has 3 unspecified atom stereocenters. The molecule has 0 radical (unpaired) electrons. The summed E-state index contributed by atoms with van der Waals surface area (Å²) in [6, 6.07) is 3.03. The largest absolute Gasteiger partial charge is 0.356 e. The van der Waals surface area contributed by atoms with E-state index in [-0.39, 0.29) is 24.0 Å². The summed E-state index contributed by atoms with van der Waals surface area (Å²) < 4.78 is 1.97. The van der Waals surface area contributed by atoms with Gasteiger partial charge >= 0.3 is 0 Å². The van der Waals surface area contributed by atoms with Crippen molar-refractivity contribution in [2.75, 3.05) is 26.7 Å². The average Bonchev–Trinajstić information content (AvgIpc) is 3.13. The number of likely N-dealkylation sites (tertiary alicyclic amines) is 1. The first kappa shape index (κ1) is 21.2. The van der Waals surface area contributed by atoms with E-state index in [1.165, 1.54) is 0 Å². The third kappa shape index (κ3) is 6.23. The second kappa shape index (κ2) is 10.2. The highest BCUT2D eigenvalue weighted by molar-refractivity contribution is 14.0. The summed E-state index contributed by atoms with van der Waals surface area (Å²) in [4.78, 5) is 6.90. The van der Waals surface area contributed by atoms with Crippen LogP contribution >= 0.6 is 24.0 Å². The van der Waals surface area contributed by atoms with Gasteiger partial charge in [-0.3, -0.25) is 14.6 Å². The lowest BCUT2D eigenvalue weighted by molar-refractivity contribution is 0.265. The molecule has 0 spiro atoms. The van der Waals surface area contributed by atoms with Gasteiger partial charge in [0.25, 0.3) is 0 Å². The molecule has 7 heteroatoms. The molecule has 1 aromatic heterocycles. The van der Waals surface area contributed by atoms with Gasteiger partial charge in [-0.05, 0) is 31.7 Å². The molecular weight excluding hydrogens is 415 g/mol. The maximum Gasteiger partial charge on any atom is 0.191 e. The molecule has 0 saturated carbocycles. The molecule has 1 saturated heterocycles. The van der Waals surface area contributed by atoms with Crippen LogP contribution in [0.4, 0.5) is 0 Å². The zero-order chi connectivity index (χ0) is 16.8. The van der Waals surface area contributed by atoms with Gasteiger partial charge in [-0.15, -0.1) is 24.0 Å². The maximum atomic E-state index is 4.38. The fourth-order valence-corrected chi connectivity index (χ4v) is 3.05. The van der Waals surface area contributed by atoms with Crippen LogP contribution in [0, 0.1) is 11.8 Å². The topological polar surface area (TPSA) is 57.5 Å². The van der Waals surface area contributed by atoms with Crippen molar-refractivity contribution in [3.8, 4) is 0 Å². The number of aliphatic imine (C=N–C) groups is 1. The lowest BCUT2D eigenvalue weighted by atomic mass is 10.1. The van der Waals surface area contributed by atoms with Gasteiger partial charge in [0, 0.05) is 57.7 Å². The molecule has 1 fully saturated rings. The molecule has 1 aliphatic rings. The Balaban J connectivity index is 0.00000288. The van der Waals surface area contributed by atoms with Crippen LogP contribution in [0.25, 0.3) is 0 Å². The fraction of sp³-hybridized carbons (Fsp3) is 0.765. The first-order valence-corrected chi connectivity index (χ1v) is 8.68. The smallest absolute Gasteiger partial charge is 0.191 e. The molecule has 2 rings (SSSR count). The van der Waals surface area contributed by atoms with E-state index in [9.17, 15) is 0 Å².